The van der Waals surface area contributed by atoms with Crippen molar-refractivity contribution in [1.82, 2.24) is 15.2 Å². The van der Waals surface area contributed by atoms with Gasteiger partial charge in [-0.25, -0.2) is 0 Å². The number of hydrogen-bond acceptors (Lipinski definition) is 3. The standard InChI is InChI=1S/C14H19ClN4/c1-9-14(10(2)19(3)18-9)13(17-16)8-11-6-4-5-7-12(11)15/h4-7,13,17H,8,16H2,1-3H3. The minimum atomic E-state index is 0.00796. The molecule has 0 saturated heterocycles. The second kappa shape index (κ2) is 5.74. The lowest BCUT2D eigenvalue weighted by molar-refractivity contribution is 0.546. The highest BCUT2D eigenvalue weighted by atomic mass is 35.5. The Bertz CT molecular complexity index is 577. The normalized spacial score (nSPS) is 12.7. The molecular weight excluding hydrogens is 260 g/mol. The Labute approximate surface area is 118 Å². The predicted octanol–water partition coefficient (Wildman–Crippen LogP) is 2.44. The number of nitrogens with two attached hydrogens (primary N) is 1. The van der Waals surface area contributed by atoms with Gasteiger partial charge in [-0.1, -0.05) is 29.8 Å². The third-order valence-corrected chi connectivity index (χ3v) is 3.87. The largest absolute Gasteiger partial charge is 0.272 e. The van der Waals surface area contributed by atoms with Gasteiger partial charge in [0.2, 0.25) is 0 Å². The average molecular weight is 279 g/mol. The van der Waals surface area contributed by atoms with Crippen LogP contribution in [0.4, 0.5) is 0 Å². The maximum absolute atomic E-state index is 6.21. The molecule has 0 saturated carbocycles. The molecule has 0 radical (unpaired) electrons. The highest BCUT2D eigenvalue weighted by Gasteiger charge is 2.20. The number of hydrazine groups is 1. The van der Waals surface area contributed by atoms with E-state index in [0.29, 0.717) is 0 Å². The van der Waals surface area contributed by atoms with Gasteiger partial charge in [0.25, 0.3) is 0 Å². The van der Waals surface area contributed by atoms with Gasteiger partial charge in [-0.05, 0) is 31.9 Å². The summed E-state index contributed by atoms with van der Waals surface area (Å²) in [5, 5.41) is 5.20. The van der Waals surface area contributed by atoms with Crippen LogP contribution < -0.4 is 11.3 Å². The van der Waals surface area contributed by atoms with E-state index in [1.54, 1.807) is 0 Å². The molecule has 1 aromatic heterocycles. The molecule has 0 aliphatic carbocycles. The molecule has 0 fully saturated rings. The summed E-state index contributed by atoms with van der Waals surface area (Å²) in [6.07, 6.45) is 0.740. The lowest BCUT2D eigenvalue weighted by Crippen LogP contribution is -2.30. The van der Waals surface area contributed by atoms with Crippen LogP contribution >= 0.6 is 11.6 Å². The van der Waals surface area contributed by atoms with Gasteiger partial charge in [0.05, 0.1) is 11.7 Å². The lowest BCUT2D eigenvalue weighted by Gasteiger charge is -2.17. The Morgan fingerprint density at radius 2 is 2.05 bits per heavy atom. The Balaban J connectivity index is 2.33. The first-order valence-electron chi connectivity index (χ1n) is 6.24. The number of halogens is 1. The zero-order valence-electron chi connectivity index (χ0n) is 11.4. The minimum absolute atomic E-state index is 0.00796. The quantitative estimate of drug-likeness (QED) is 0.667. The zero-order chi connectivity index (χ0) is 14.0. The monoisotopic (exact) mass is 278 g/mol. The lowest BCUT2D eigenvalue weighted by atomic mass is 9.98. The molecule has 0 aliphatic rings. The number of benzene rings is 1. The van der Waals surface area contributed by atoms with E-state index in [4.69, 9.17) is 17.4 Å². The molecule has 1 aromatic carbocycles. The minimum Gasteiger partial charge on any atom is -0.272 e. The van der Waals surface area contributed by atoms with Crippen LogP contribution in [0.5, 0.6) is 0 Å². The molecule has 1 atom stereocenters. The molecule has 0 spiro atoms. The summed E-state index contributed by atoms with van der Waals surface area (Å²) in [6, 6.07) is 7.84. The van der Waals surface area contributed by atoms with Gasteiger partial charge in [-0.2, -0.15) is 5.10 Å². The van der Waals surface area contributed by atoms with Gasteiger partial charge in [0.15, 0.2) is 0 Å². The van der Waals surface area contributed by atoms with Crippen molar-refractivity contribution in [3.63, 3.8) is 0 Å². The summed E-state index contributed by atoms with van der Waals surface area (Å²) < 4.78 is 1.88. The summed E-state index contributed by atoms with van der Waals surface area (Å²) in [5.41, 5.74) is 7.21. The topological polar surface area (TPSA) is 55.9 Å². The first-order chi connectivity index (χ1) is 9.04. The van der Waals surface area contributed by atoms with Crippen molar-refractivity contribution < 1.29 is 0 Å². The van der Waals surface area contributed by atoms with Crippen LogP contribution in [0.15, 0.2) is 24.3 Å². The van der Waals surface area contributed by atoms with E-state index in [1.165, 1.54) is 0 Å². The van der Waals surface area contributed by atoms with Crippen LogP contribution in [0.25, 0.3) is 0 Å². The highest BCUT2D eigenvalue weighted by Crippen LogP contribution is 2.26. The van der Waals surface area contributed by atoms with Gasteiger partial charge >= 0.3 is 0 Å². The fourth-order valence-electron chi connectivity index (χ4n) is 2.42. The Morgan fingerprint density at radius 3 is 2.58 bits per heavy atom. The fraction of sp³-hybridized carbons (Fsp3) is 0.357. The Morgan fingerprint density at radius 1 is 1.37 bits per heavy atom. The molecule has 0 amide bonds. The van der Waals surface area contributed by atoms with Crippen LogP contribution in [0.2, 0.25) is 5.02 Å². The predicted molar refractivity (Wildman–Crippen MR) is 77.9 cm³/mol. The van der Waals surface area contributed by atoms with Gasteiger partial charge in [0.1, 0.15) is 0 Å². The maximum atomic E-state index is 6.21. The summed E-state index contributed by atoms with van der Waals surface area (Å²) >= 11 is 6.21. The SMILES string of the molecule is Cc1nn(C)c(C)c1C(Cc1ccccc1Cl)NN. The first-order valence-corrected chi connectivity index (χ1v) is 6.62. The molecule has 2 rings (SSSR count). The van der Waals surface area contributed by atoms with Crippen LogP contribution in [0, 0.1) is 13.8 Å². The third-order valence-electron chi connectivity index (χ3n) is 3.50. The van der Waals surface area contributed by atoms with E-state index in [-0.39, 0.29) is 6.04 Å². The van der Waals surface area contributed by atoms with Crippen LogP contribution in [-0.2, 0) is 13.5 Å². The summed E-state index contributed by atoms with van der Waals surface area (Å²) in [7, 11) is 1.94. The van der Waals surface area contributed by atoms with Crippen LogP contribution in [-0.4, -0.2) is 9.78 Å². The molecule has 3 N–H and O–H groups in total. The number of hydrogen-bond donors (Lipinski definition) is 2. The smallest absolute Gasteiger partial charge is 0.0644 e. The summed E-state index contributed by atoms with van der Waals surface area (Å²) in [5.74, 6) is 5.72. The van der Waals surface area contributed by atoms with Crippen molar-refractivity contribution >= 4 is 11.6 Å². The molecule has 0 aliphatic heterocycles. The van der Waals surface area contributed by atoms with Crippen molar-refractivity contribution in [2.75, 3.05) is 0 Å². The van der Waals surface area contributed by atoms with E-state index < -0.39 is 0 Å². The van der Waals surface area contributed by atoms with E-state index in [0.717, 1.165) is 34.0 Å². The van der Waals surface area contributed by atoms with Gasteiger partial charge < -0.3 is 0 Å². The molecule has 0 bridgehead atoms. The van der Waals surface area contributed by atoms with E-state index in [9.17, 15) is 0 Å². The molecule has 102 valence electrons. The number of nitrogens with one attached hydrogen (secondary N) is 1. The molecule has 5 heteroatoms. The van der Waals surface area contributed by atoms with Crippen molar-refractivity contribution in [2.24, 2.45) is 12.9 Å². The fourth-order valence-corrected chi connectivity index (χ4v) is 2.64. The maximum Gasteiger partial charge on any atom is 0.0644 e. The van der Waals surface area contributed by atoms with Crippen LogP contribution in [0.1, 0.15) is 28.6 Å². The van der Waals surface area contributed by atoms with Crippen molar-refractivity contribution in [2.45, 2.75) is 26.3 Å². The van der Waals surface area contributed by atoms with Crippen molar-refractivity contribution in [1.29, 1.82) is 0 Å². The Hall–Kier alpha value is -1.36. The molecule has 2 aromatic rings. The molecular formula is C14H19ClN4. The Kier molecular flexibility index (Phi) is 4.24. The van der Waals surface area contributed by atoms with Gasteiger partial charge in [-0.15, -0.1) is 0 Å². The summed E-state index contributed by atoms with van der Waals surface area (Å²) in [4.78, 5) is 0. The number of aryl methyl sites for hydroxylation is 2. The molecule has 19 heavy (non-hydrogen) atoms. The van der Waals surface area contributed by atoms with Crippen LogP contribution in [0.3, 0.4) is 0 Å². The number of nitrogens with zero attached hydrogens (tertiary/aromatic N) is 2. The third kappa shape index (κ3) is 2.81. The van der Waals surface area contributed by atoms with E-state index in [2.05, 4.69) is 10.5 Å². The van der Waals surface area contributed by atoms with E-state index in [1.807, 2.05) is 49.8 Å². The summed E-state index contributed by atoms with van der Waals surface area (Å²) in [6.45, 7) is 4.05. The van der Waals surface area contributed by atoms with E-state index >= 15 is 0 Å². The van der Waals surface area contributed by atoms with Crippen molar-refractivity contribution in [3.8, 4) is 0 Å². The highest BCUT2D eigenvalue weighted by molar-refractivity contribution is 6.31. The molecule has 4 nitrogen and oxygen atoms in total. The zero-order valence-corrected chi connectivity index (χ0v) is 12.2. The van der Waals surface area contributed by atoms with Crippen molar-refractivity contribution in [3.05, 3.63) is 51.8 Å². The first kappa shape index (κ1) is 14.1. The number of rotatable bonds is 4. The number of aromatic nitrogens is 2. The molecule has 1 heterocycles. The van der Waals surface area contributed by atoms with Gasteiger partial charge in [-0.3, -0.25) is 16.0 Å². The second-order valence-electron chi connectivity index (χ2n) is 4.72. The molecule has 1 unspecified atom stereocenters. The second-order valence-corrected chi connectivity index (χ2v) is 5.13. The average Bonchev–Trinajstić information content (AvgIpc) is 2.63. The van der Waals surface area contributed by atoms with Gasteiger partial charge in [0, 0.05) is 23.3 Å².